The molecule has 10 N–H and O–H groups in total. The summed E-state index contributed by atoms with van der Waals surface area (Å²) >= 11 is 6.36. The summed E-state index contributed by atoms with van der Waals surface area (Å²) < 4.78 is 1.72. The Balaban J connectivity index is 0. The van der Waals surface area contributed by atoms with Crippen molar-refractivity contribution in [2.24, 2.45) is 0 Å². The second-order valence-electron chi connectivity index (χ2n) is 10.0. The molecule has 16 heteroatoms. The zero-order valence-corrected chi connectivity index (χ0v) is 34.4. The van der Waals surface area contributed by atoms with Gasteiger partial charge in [0.05, 0.1) is 34.0 Å². The van der Waals surface area contributed by atoms with E-state index in [2.05, 4.69) is 100 Å². The van der Waals surface area contributed by atoms with Gasteiger partial charge in [0.25, 0.3) is 0 Å². The monoisotopic (exact) mass is 912 g/mol. The smallest absolute Gasteiger partial charge is 0.545 e. The van der Waals surface area contributed by atoms with Crippen molar-refractivity contribution >= 4 is 87.4 Å². The molecule has 0 saturated heterocycles. The molecule has 276 valence electrons. The molecule has 4 aromatic heterocycles. The van der Waals surface area contributed by atoms with Crippen LogP contribution in [0.5, 0.6) is 0 Å². The number of carbonyl (C=O) groups excluding carboxylic acids is 2. The van der Waals surface area contributed by atoms with E-state index in [9.17, 15) is 19.8 Å². The minimum Gasteiger partial charge on any atom is -0.545 e. The van der Waals surface area contributed by atoms with E-state index in [4.69, 9.17) is 0 Å². The molecule has 4 aromatic carbocycles. The van der Waals surface area contributed by atoms with E-state index in [1.54, 1.807) is 49.1 Å². The summed E-state index contributed by atoms with van der Waals surface area (Å²) in [5.74, 6) is -2.29. The molecule has 0 aliphatic rings. The summed E-state index contributed by atoms with van der Waals surface area (Å²) in [5.41, 5.74) is 4.30. The number of benzene rings is 4. The molecule has 0 atom stereocenters. The summed E-state index contributed by atoms with van der Waals surface area (Å²) in [7, 11) is 0. The molecule has 0 radical (unpaired) electrons. The number of fused-ring (bicyclic) bond motifs is 6. The van der Waals surface area contributed by atoms with Crippen LogP contribution in [0, 0.1) is 0 Å². The van der Waals surface area contributed by atoms with Crippen molar-refractivity contribution in [3.05, 3.63) is 166 Å². The molecule has 8 rings (SSSR count). The van der Waals surface area contributed by atoms with E-state index in [0.29, 0.717) is 0 Å². The number of aromatic carboxylic acids is 2. The van der Waals surface area contributed by atoms with Crippen molar-refractivity contribution in [1.82, 2.24) is 19.9 Å². The van der Waals surface area contributed by atoms with Gasteiger partial charge in [0.2, 0.25) is 0 Å². The van der Waals surface area contributed by atoms with Gasteiger partial charge in [0.15, 0.2) is 0 Å². The number of hydrogen-bond acceptors (Lipinski definition) is 8. The number of hydrogen-bond donors (Lipinski definition) is 0. The normalized spacial score (nSPS) is 9.07. The number of nitrogens with zero attached hydrogens (tertiary/aromatic N) is 4. The molecule has 0 aliphatic heterocycles. The third-order valence-corrected chi connectivity index (χ3v) is 7.91. The van der Waals surface area contributed by atoms with Gasteiger partial charge in [-0.3, -0.25) is 19.9 Å². The van der Waals surface area contributed by atoms with Crippen molar-refractivity contribution in [1.29, 1.82) is 0 Å². The second kappa shape index (κ2) is 25.0. The number of aromatic nitrogens is 4. The van der Waals surface area contributed by atoms with E-state index in [0.717, 1.165) is 52.6 Å². The van der Waals surface area contributed by atoms with Crippen LogP contribution in [0.1, 0.15) is 20.7 Å². The van der Waals surface area contributed by atoms with E-state index < -0.39 is 11.9 Å². The Morgan fingerprint density at radius 1 is 0.389 bits per heavy atom. The zero-order valence-electron chi connectivity index (χ0n) is 28.2. The molecule has 13 nitrogen and oxygen atoms in total. The molecule has 0 spiro atoms. The zero-order chi connectivity index (χ0) is 33.9. The molecule has 0 bridgehead atoms. The molecule has 8 aromatic rings. The molecule has 0 saturated carbocycles. The van der Waals surface area contributed by atoms with Gasteiger partial charge in [0.1, 0.15) is 0 Å². The fourth-order valence-corrected chi connectivity index (χ4v) is 5.06. The van der Waals surface area contributed by atoms with Crippen LogP contribution in [0.3, 0.4) is 0 Å². The van der Waals surface area contributed by atoms with E-state index >= 15 is 0 Å². The Bertz CT molecular complexity index is 2080. The van der Waals surface area contributed by atoms with Crippen LogP contribution >= 0.6 is 31.9 Å². The maximum atomic E-state index is 10.2. The first-order valence-electron chi connectivity index (χ1n) is 14.4. The van der Waals surface area contributed by atoms with Gasteiger partial charge >= 0.3 is 19.5 Å². The minimum atomic E-state index is -1.15. The predicted molar refractivity (Wildman–Crippen MR) is 209 cm³/mol. The van der Waals surface area contributed by atoms with Crippen molar-refractivity contribution < 1.29 is 66.7 Å². The standard InChI is InChI=1S/2C12H8N2.2C7H5BrO2.5H2O.Zn/c2*1-3-9-5-6-10-4-2-8-14-12(10)11(9)13-7-1;2*8-6-3-1-5(2-4-6)7(9)10;;;;;;/h2*1-8H;2*1-4H,(H,9,10);5*1H2;/q;;;;;;;;;+2/p-2. The van der Waals surface area contributed by atoms with Crippen molar-refractivity contribution in [2.45, 2.75) is 0 Å². The van der Waals surface area contributed by atoms with Crippen molar-refractivity contribution in [3.63, 3.8) is 0 Å². The van der Waals surface area contributed by atoms with Gasteiger partial charge < -0.3 is 47.2 Å². The molecule has 4 heterocycles. The Kier molecular flexibility index (Phi) is 23.6. The number of carboxylic acid groups (broad SMARTS) is 2. The van der Waals surface area contributed by atoms with Gasteiger partial charge in [-0.05, 0) is 59.7 Å². The van der Waals surface area contributed by atoms with E-state index in [1.165, 1.54) is 24.3 Å². The van der Waals surface area contributed by atoms with E-state index in [1.807, 2.05) is 24.3 Å². The summed E-state index contributed by atoms with van der Waals surface area (Å²) in [6.07, 6.45) is 7.21. The average Bonchev–Trinajstić information content (AvgIpc) is 3.13. The first-order valence-corrected chi connectivity index (χ1v) is 16.0. The largest absolute Gasteiger partial charge is 2.00 e. The predicted octanol–water partition coefficient (Wildman–Crippen LogP) is 3.07. The number of pyridine rings is 4. The van der Waals surface area contributed by atoms with Crippen LogP contribution in [-0.4, -0.2) is 59.3 Å². The van der Waals surface area contributed by atoms with Gasteiger partial charge in [-0.2, -0.15) is 0 Å². The Labute approximate surface area is 338 Å². The summed E-state index contributed by atoms with van der Waals surface area (Å²) in [6, 6.07) is 36.9. The third kappa shape index (κ3) is 13.7. The van der Waals surface area contributed by atoms with Crippen LogP contribution in [-0.2, 0) is 19.5 Å². The van der Waals surface area contributed by atoms with Crippen molar-refractivity contribution in [2.75, 3.05) is 0 Å². The van der Waals surface area contributed by atoms with Crippen LogP contribution in [0.25, 0.3) is 43.6 Å². The molecule has 0 fully saturated rings. The van der Waals surface area contributed by atoms with Crippen LogP contribution in [0.15, 0.2) is 155 Å². The quantitative estimate of drug-likeness (QED) is 0.183. The SMILES string of the molecule is O.O.O.O.O.O=C([O-])c1ccc(Br)cc1.O=C([O-])c1ccc(Br)cc1.[Zn+2].c1cnc2c(c1)ccc1cccnc12.c1cnc2c(c1)ccc1cccnc12. The molecule has 0 amide bonds. The van der Waals surface area contributed by atoms with Gasteiger partial charge in [0, 0.05) is 55.3 Å². The van der Waals surface area contributed by atoms with Crippen LogP contribution < -0.4 is 10.2 Å². The molecular weight excluding hydrogens is 882 g/mol. The summed E-state index contributed by atoms with van der Waals surface area (Å²) in [6.45, 7) is 0. The first kappa shape index (κ1) is 51.0. The molecular formula is C38H34Br2N4O9Zn. The van der Waals surface area contributed by atoms with Gasteiger partial charge in [-0.25, -0.2) is 0 Å². The molecule has 0 aliphatic carbocycles. The van der Waals surface area contributed by atoms with Crippen LogP contribution in [0.2, 0.25) is 0 Å². The number of carbonyl (C=O) groups is 2. The molecule has 0 unspecified atom stereocenters. The third-order valence-electron chi connectivity index (χ3n) is 6.85. The number of carboxylic acids is 2. The maximum Gasteiger partial charge on any atom is 2.00 e. The van der Waals surface area contributed by atoms with Crippen molar-refractivity contribution in [3.8, 4) is 0 Å². The van der Waals surface area contributed by atoms with Gasteiger partial charge in [-0.15, -0.1) is 0 Å². The van der Waals surface area contributed by atoms with Crippen LogP contribution in [0.4, 0.5) is 0 Å². The Hall–Kier alpha value is -5.16. The topological polar surface area (TPSA) is 289 Å². The first-order chi connectivity index (χ1) is 23.3. The van der Waals surface area contributed by atoms with Gasteiger partial charge in [-0.1, -0.05) is 105 Å². The minimum absolute atomic E-state index is 0. The molecule has 54 heavy (non-hydrogen) atoms. The Morgan fingerprint density at radius 3 is 0.815 bits per heavy atom. The second-order valence-corrected chi connectivity index (χ2v) is 11.9. The maximum absolute atomic E-state index is 10.2. The summed E-state index contributed by atoms with van der Waals surface area (Å²) in [5, 5.41) is 24.9. The Morgan fingerprint density at radius 2 is 0.611 bits per heavy atom. The number of halogens is 2. The summed E-state index contributed by atoms with van der Waals surface area (Å²) in [4.78, 5) is 37.8. The van der Waals surface area contributed by atoms with E-state index in [-0.39, 0.29) is 58.0 Å². The fraction of sp³-hybridized carbons (Fsp3) is 0. The average molecular weight is 916 g/mol. The number of rotatable bonds is 2. The fourth-order valence-electron chi connectivity index (χ4n) is 4.53.